The van der Waals surface area contributed by atoms with Crippen LogP contribution in [0.15, 0.2) is 194 Å². The second-order valence-corrected chi connectivity index (χ2v) is 15.7. The van der Waals surface area contributed by atoms with Crippen molar-refractivity contribution in [1.29, 1.82) is 0 Å². The first-order chi connectivity index (χ1) is 29.3. The third-order valence-electron chi connectivity index (χ3n) is 11.2. The molecule has 4 heterocycles. The number of hydrogen-bond donors (Lipinski definition) is 0. The van der Waals surface area contributed by atoms with Crippen LogP contribution in [0.1, 0.15) is 0 Å². The lowest BCUT2D eigenvalue weighted by molar-refractivity contribution is 1.07. The van der Waals surface area contributed by atoms with E-state index in [0.717, 1.165) is 77.0 Å². The standard InChI is InChI=1S/C52H32N6S/c1-3-16-33(17-4-1)49-54-50(34-18-13-21-36(32-34)57-43-28-10-7-22-37(43)38-23-8-11-29-44(38)57)56-51(55-49)40-25-15-31-46-47(40)39-24-14-26-41(48(39)59-46)52-53-42-27-9-12-30-45(42)58(52)35-19-5-2-6-20-35/h1-32H. The SMILES string of the molecule is c1ccc(-c2nc(-c3cccc(-n4c5ccccc5c5ccccc54)c3)nc(-c3cccc4sc5c(-c6nc7ccccc7n6-c6ccccc6)cccc5c34)n2)cc1. The molecular formula is C52H32N6S. The summed E-state index contributed by atoms with van der Waals surface area (Å²) in [7, 11) is 0. The van der Waals surface area contributed by atoms with Gasteiger partial charge in [0.05, 0.1) is 22.1 Å². The quantitative estimate of drug-likeness (QED) is 0.169. The molecule has 0 saturated heterocycles. The van der Waals surface area contributed by atoms with Crippen molar-refractivity contribution in [2.24, 2.45) is 0 Å². The third-order valence-corrected chi connectivity index (χ3v) is 12.4. The molecule has 0 aliphatic heterocycles. The van der Waals surface area contributed by atoms with E-state index in [1.165, 1.54) is 15.5 Å². The lowest BCUT2D eigenvalue weighted by atomic mass is 10.0. The smallest absolute Gasteiger partial charge is 0.164 e. The first-order valence-corrected chi connectivity index (χ1v) is 20.5. The highest BCUT2D eigenvalue weighted by atomic mass is 32.1. The van der Waals surface area contributed by atoms with Gasteiger partial charge in [-0.2, -0.15) is 0 Å². The van der Waals surface area contributed by atoms with Gasteiger partial charge in [-0.1, -0.05) is 133 Å². The van der Waals surface area contributed by atoms with Crippen LogP contribution in [-0.4, -0.2) is 29.1 Å². The second-order valence-electron chi connectivity index (χ2n) is 14.7. The number of fused-ring (bicyclic) bond motifs is 7. The van der Waals surface area contributed by atoms with Gasteiger partial charge in [-0.15, -0.1) is 11.3 Å². The molecule has 7 heteroatoms. The molecule has 0 aliphatic rings. The Morgan fingerprint density at radius 2 is 0.932 bits per heavy atom. The topological polar surface area (TPSA) is 61.4 Å². The molecule has 0 saturated carbocycles. The zero-order chi connectivity index (χ0) is 38.9. The number of nitrogens with zero attached hydrogens (tertiary/aromatic N) is 6. The molecule has 8 aromatic carbocycles. The van der Waals surface area contributed by atoms with Gasteiger partial charge in [-0.25, -0.2) is 19.9 Å². The molecule has 12 rings (SSSR count). The highest BCUT2D eigenvalue weighted by Gasteiger charge is 2.22. The summed E-state index contributed by atoms with van der Waals surface area (Å²) < 4.78 is 6.92. The molecule has 0 spiro atoms. The molecule has 59 heavy (non-hydrogen) atoms. The first-order valence-electron chi connectivity index (χ1n) is 19.7. The van der Waals surface area contributed by atoms with Gasteiger partial charge in [0, 0.05) is 64.6 Å². The molecule has 0 N–H and O–H groups in total. The Morgan fingerprint density at radius 3 is 1.71 bits per heavy atom. The molecule has 12 aromatic rings. The van der Waals surface area contributed by atoms with Crippen molar-refractivity contribution in [3.63, 3.8) is 0 Å². The van der Waals surface area contributed by atoms with E-state index >= 15 is 0 Å². The number of imidazole rings is 1. The van der Waals surface area contributed by atoms with E-state index in [9.17, 15) is 0 Å². The van der Waals surface area contributed by atoms with Crippen molar-refractivity contribution >= 4 is 64.3 Å². The molecule has 0 fully saturated rings. The Morgan fingerprint density at radius 1 is 0.373 bits per heavy atom. The van der Waals surface area contributed by atoms with Crippen molar-refractivity contribution in [1.82, 2.24) is 29.1 Å². The van der Waals surface area contributed by atoms with Crippen LogP contribution in [-0.2, 0) is 0 Å². The Bertz CT molecular complexity index is 3510. The zero-order valence-corrected chi connectivity index (χ0v) is 32.4. The second kappa shape index (κ2) is 13.4. The molecule has 6 nitrogen and oxygen atoms in total. The van der Waals surface area contributed by atoms with Crippen LogP contribution in [0, 0.1) is 0 Å². The van der Waals surface area contributed by atoms with Gasteiger partial charge >= 0.3 is 0 Å². The van der Waals surface area contributed by atoms with Gasteiger partial charge in [0.15, 0.2) is 17.5 Å². The molecule has 276 valence electrons. The number of rotatable bonds is 6. The summed E-state index contributed by atoms with van der Waals surface area (Å²) in [5, 5.41) is 4.70. The number of thiophene rings is 1. The number of aromatic nitrogens is 6. The van der Waals surface area contributed by atoms with Gasteiger partial charge in [-0.3, -0.25) is 4.57 Å². The summed E-state index contributed by atoms with van der Waals surface area (Å²) in [5.41, 5.74) is 10.3. The summed E-state index contributed by atoms with van der Waals surface area (Å²) in [6, 6.07) is 67.7. The minimum absolute atomic E-state index is 0.616. The maximum atomic E-state index is 5.30. The fourth-order valence-electron chi connectivity index (χ4n) is 8.58. The van der Waals surface area contributed by atoms with E-state index in [2.05, 4.69) is 179 Å². The Labute approximate surface area is 343 Å². The van der Waals surface area contributed by atoms with Crippen LogP contribution in [0.2, 0.25) is 0 Å². The van der Waals surface area contributed by atoms with E-state index in [4.69, 9.17) is 19.9 Å². The van der Waals surface area contributed by atoms with E-state index in [1.54, 1.807) is 11.3 Å². The molecule has 4 aromatic heterocycles. The summed E-state index contributed by atoms with van der Waals surface area (Å²) >= 11 is 1.78. The maximum absolute atomic E-state index is 5.30. The maximum Gasteiger partial charge on any atom is 0.164 e. The highest BCUT2D eigenvalue weighted by molar-refractivity contribution is 7.26. The van der Waals surface area contributed by atoms with Crippen LogP contribution in [0.3, 0.4) is 0 Å². The van der Waals surface area contributed by atoms with Crippen LogP contribution in [0.5, 0.6) is 0 Å². The molecule has 0 bridgehead atoms. The highest BCUT2D eigenvalue weighted by Crippen LogP contribution is 2.44. The Balaban J connectivity index is 1.06. The Kier molecular flexibility index (Phi) is 7.61. The predicted molar refractivity (Wildman–Crippen MR) is 243 cm³/mol. The predicted octanol–water partition coefficient (Wildman–Crippen LogP) is 13.3. The Hall–Kier alpha value is -7.74. The van der Waals surface area contributed by atoms with Gasteiger partial charge < -0.3 is 4.57 Å². The van der Waals surface area contributed by atoms with Crippen LogP contribution in [0.4, 0.5) is 0 Å². The summed E-state index contributed by atoms with van der Waals surface area (Å²) in [4.78, 5) is 20.9. The van der Waals surface area contributed by atoms with E-state index < -0.39 is 0 Å². The average molecular weight is 773 g/mol. The first kappa shape index (κ1) is 33.4. The lowest BCUT2D eigenvalue weighted by Crippen LogP contribution is -2.01. The summed E-state index contributed by atoms with van der Waals surface area (Å²) in [6.07, 6.45) is 0. The van der Waals surface area contributed by atoms with Crippen LogP contribution >= 0.6 is 11.3 Å². The lowest BCUT2D eigenvalue weighted by Gasteiger charge is -2.12. The molecule has 0 aliphatic carbocycles. The van der Waals surface area contributed by atoms with E-state index in [-0.39, 0.29) is 0 Å². The summed E-state index contributed by atoms with van der Waals surface area (Å²) in [5.74, 6) is 2.78. The molecule has 0 radical (unpaired) electrons. The van der Waals surface area contributed by atoms with Gasteiger partial charge in [0.1, 0.15) is 5.82 Å². The van der Waals surface area contributed by atoms with Gasteiger partial charge in [-0.05, 0) is 60.7 Å². The molecule has 0 amide bonds. The van der Waals surface area contributed by atoms with Crippen molar-refractivity contribution in [2.75, 3.05) is 0 Å². The van der Waals surface area contributed by atoms with Crippen LogP contribution < -0.4 is 0 Å². The van der Waals surface area contributed by atoms with Gasteiger partial charge in [0.25, 0.3) is 0 Å². The van der Waals surface area contributed by atoms with Gasteiger partial charge in [0.2, 0.25) is 0 Å². The fourth-order valence-corrected chi connectivity index (χ4v) is 9.82. The third kappa shape index (κ3) is 5.40. The van der Waals surface area contributed by atoms with Crippen LogP contribution in [0.25, 0.3) is 110 Å². The number of benzene rings is 8. The fraction of sp³-hybridized carbons (Fsp3) is 0. The minimum Gasteiger partial charge on any atom is -0.309 e. The summed E-state index contributed by atoms with van der Waals surface area (Å²) in [6.45, 7) is 0. The minimum atomic E-state index is 0.616. The molecular weight excluding hydrogens is 741 g/mol. The average Bonchev–Trinajstić information content (AvgIpc) is 4.00. The molecule has 0 unspecified atom stereocenters. The zero-order valence-electron chi connectivity index (χ0n) is 31.6. The normalized spacial score (nSPS) is 11.7. The van der Waals surface area contributed by atoms with Crippen molar-refractivity contribution in [2.45, 2.75) is 0 Å². The van der Waals surface area contributed by atoms with Crippen molar-refractivity contribution in [3.05, 3.63) is 194 Å². The monoisotopic (exact) mass is 772 g/mol. The molecule has 0 atom stereocenters. The van der Waals surface area contributed by atoms with Crippen molar-refractivity contribution < 1.29 is 0 Å². The van der Waals surface area contributed by atoms with Crippen molar-refractivity contribution in [3.8, 4) is 56.9 Å². The number of hydrogen-bond acceptors (Lipinski definition) is 5. The van der Waals surface area contributed by atoms with E-state index in [0.29, 0.717) is 17.5 Å². The van der Waals surface area contributed by atoms with E-state index in [1.807, 2.05) is 24.3 Å². The largest absolute Gasteiger partial charge is 0.309 e. The number of para-hydroxylation sites is 5.